The zero-order valence-corrected chi connectivity index (χ0v) is 13.8. The van der Waals surface area contributed by atoms with Gasteiger partial charge in [0.15, 0.2) is 0 Å². The van der Waals surface area contributed by atoms with Crippen LogP contribution in [0.25, 0.3) is 6.08 Å². The van der Waals surface area contributed by atoms with Crippen molar-refractivity contribution in [3.05, 3.63) is 69.3 Å². The van der Waals surface area contributed by atoms with E-state index in [4.69, 9.17) is 0 Å². The van der Waals surface area contributed by atoms with Gasteiger partial charge >= 0.3 is 0 Å². The largest absolute Gasteiger partial charge is 0.293 e. The lowest BCUT2D eigenvalue weighted by molar-refractivity contribution is -0.123. The molecule has 1 saturated heterocycles. The molecular weight excluding hydrogens is 364 g/mol. The van der Waals surface area contributed by atoms with Crippen LogP contribution in [-0.4, -0.2) is 21.0 Å². The first kappa shape index (κ1) is 15.0. The summed E-state index contributed by atoms with van der Waals surface area (Å²) in [4.78, 5) is 30.2. The van der Waals surface area contributed by atoms with E-state index in [9.17, 15) is 9.59 Å². The van der Waals surface area contributed by atoms with Crippen LogP contribution in [0.15, 0.2) is 58.0 Å². The van der Waals surface area contributed by atoms with E-state index in [0.717, 1.165) is 21.8 Å². The lowest BCUT2D eigenvalue weighted by atomic mass is 10.2. The fraction of sp³-hybridized carbons (Fsp3) is 0.0625. The van der Waals surface area contributed by atoms with Crippen molar-refractivity contribution in [2.45, 2.75) is 6.54 Å². The zero-order valence-electron chi connectivity index (χ0n) is 11.4. The number of carbonyl (C=O) groups is 2. The SMILES string of the molecule is O=C1S/C(=C\c2ccccn2)C(=O)N1Cc1ccc(Br)cc1. The number of amides is 2. The molecule has 0 unspecified atom stereocenters. The second kappa shape index (κ2) is 6.46. The summed E-state index contributed by atoms with van der Waals surface area (Å²) in [6, 6.07) is 13.0. The first-order chi connectivity index (χ1) is 10.6. The van der Waals surface area contributed by atoms with Gasteiger partial charge in [-0.3, -0.25) is 19.5 Å². The number of rotatable bonds is 3. The Kier molecular flexibility index (Phi) is 4.40. The Morgan fingerprint density at radius 2 is 1.91 bits per heavy atom. The average Bonchev–Trinajstić information content (AvgIpc) is 2.78. The van der Waals surface area contributed by atoms with Crippen molar-refractivity contribution in [1.29, 1.82) is 0 Å². The summed E-state index contributed by atoms with van der Waals surface area (Å²) in [5.41, 5.74) is 1.57. The lowest BCUT2D eigenvalue weighted by Crippen LogP contribution is -2.27. The Morgan fingerprint density at radius 3 is 2.59 bits per heavy atom. The normalized spacial score (nSPS) is 16.6. The third-order valence-corrected chi connectivity index (χ3v) is 4.53. The monoisotopic (exact) mass is 374 g/mol. The molecule has 1 aliphatic rings. The first-order valence-corrected chi connectivity index (χ1v) is 8.15. The van der Waals surface area contributed by atoms with Crippen molar-refractivity contribution < 1.29 is 9.59 Å². The van der Waals surface area contributed by atoms with Gasteiger partial charge in [0.05, 0.1) is 17.1 Å². The molecule has 1 aliphatic heterocycles. The van der Waals surface area contributed by atoms with E-state index in [1.807, 2.05) is 30.3 Å². The molecule has 1 aromatic carbocycles. The van der Waals surface area contributed by atoms with Crippen molar-refractivity contribution in [2.75, 3.05) is 0 Å². The Morgan fingerprint density at radius 1 is 1.14 bits per heavy atom. The zero-order chi connectivity index (χ0) is 15.5. The molecule has 0 aliphatic carbocycles. The molecule has 0 spiro atoms. The van der Waals surface area contributed by atoms with E-state index < -0.39 is 0 Å². The minimum absolute atomic E-state index is 0.255. The number of hydrogen-bond donors (Lipinski definition) is 0. The molecule has 0 atom stereocenters. The Bertz CT molecular complexity index is 745. The number of imide groups is 1. The minimum Gasteiger partial charge on any atom is -0.268 e. The predicted octanol–water partition coefficient (Wildman–Crippen LogP) is 4.08. The molecule has 6 heteroatoms. The number of nitrogens with zero attached hydrogens (tertiary/aromatic N) is 2. The van der Waals surface area contributed by atoms with Gasteiger partial charge in [0.1, 0.15) is 0 Å². The van der Waals surface area contributed by atoms with Crippen LogP contribution < -0.4 is 0 Å². The summed E-state index contributed by atoms with van der Waals surface area (Å²) in [7, 11) is 0. The van der Waals surface area contributed by atoms with Crippen molar-refractivity contribution in [3.63, 3.8) is 0 Å². The highest BCUT2D eigenvalue weighted by molar-refractivity contribution is 9.10. The van der Waals surface area contributed by atoms with Crippen LogP contribution in [0.4, 0.5) is 4.79 Å². The van der Waals surface area contributed by atoms with Gasteiger partial charge in [-0.25, -0.2) is 0 Å². The summed E-state index contributed by atoms with van der Waals surface area (Å²) in [6.45, 7) is 0.275. The molecular formula is C16H11BrN2O2S. The summed E-state index contributed by atoms with van der Waals surface area (Å²) in [6.07, 6.45) is 3.30. The quantitative estimate of drug-likeness (QED) is 0.759. The first-order valence-electron chi connectivity index (χ1n) is 6.54. The van der Waals surface area contributed by atoms with Crippen LogP contribution in [0.5, 0.6) is 0 Å². The fourth-order valence-electron chi connectivity index (χ4n) is 2.00. The van der Waals surface area contributed by atoms with Gasteiger partial charge in [0.25, 0.3) is 11.1 Å². The molecule has 3 rings (SSSR count). The van der Waals surface area contributed by atoms with Crippen LogP contribution >= 0.6 is 27.7 Å². The highest BCUT2D eigenvalue weighted by Gasteiger charge is 2.35. The highest BCUT2D eigenvalue weighted by Crippen LogP contribution is 2.33. The number of carbonyl (C=O) groups excluding carboxylic acids is 2. The molecule has 0 radical (unpaired) electrons. The molecule has 0 saturated carbocycles. The van der Waals surface area contributed by atoms with Gasteiger partial charge in [0.2, 0.25) is 0 Å². The standard InChI is InChI=1S/C16H11BrN2O2S/c17-12-6-4-11(5-7-12)10-19-15(20)14(22-16(19)21)9-13-3-1-2-8-18-13/h1-9H,10H2/b14-9-. The van der Waals surface area contributed by atoms with E-state index in [-0.39, 0.29) is 17.7 Å². The lowest BCUT2D eigenvalue weighted by Gasteiger charge is -2.12. The molecule has 1 aromatic heterocycles. The van der Waals surface area contributed by atoms with Gasteiger partial charge in [0, 0.05) is 10.7 Å². The van der Waals surface area contributed by atoms with Crippen molar-refractivity contribution in [2.24, 2.45) is 0 Å². The number of benzene rings is 1. The van der Waals surface area contributed by atoms with Crippen molar-refractivity contribution in [3.8, 4) is 0 Å². The summed E-state index contributed by atoms with van der Waals surface area (Å²) in [5.74, 6) is -0.274. The molecule has 22 heavy (non-hydrogen) atoms. The Labute approximate surface area is 140 Å². The molecule has 0 N–H and O–H groups in total. The maximum Gasteiger partial charge on any atom is 0.293 e. The van der Waals surface area contributed by atoms with Gasteiger partial charge in [-0.15, -0.1) is 0 Å². The molecule has 2 heterocycles. The van der Waals surface area contributed by atoms with Crippen LogP contribution in [-0.2, 0) is 11.3 Å². The third-order valence-electron chi connectivity index (χ3n) is 3.09. The second-order valence-corrected chi connectivity index (χ2v) is 6.56. The number of hydrogen-bond acceptors (Lipinski definition) is 4. The van der Waals surface area contributed by atoms with Crippen molar-refractivity contribution >= 4 is 44.9 Å². The van der Waals surface area contributed by atoms with E-state index in [0.29, 0.717) is 10.6 Å². The topological polar surface area (TPSA) is 50.3 Å². The maximum absolute atomic E-state index is 12.4. The predicted molar refractivity (Wildman–Crippen MR) is 89.9 cm³/mol. The molecule has 0 bridgehead atoms. The van der Waals surface area contributed by atoms with Gasteiger partial charge < -0.3 is 0 Å². The number of thioether (sulfide) groups is 1. The minimum atomic E-state index is -0.274. The molecule has 110 valence electrons. The van der Waals surface area contributed by atoms with Crippen LogP contribution in [0.2, 0.25) is 0 Å². The number of halogens is 1. The van der Waals surface area contributed by atoms with E-state index in [2.05, 4.69) is 20.9 Å². The molecule has 4 nitrogen and oxygen atoms in total. The van der Waals surface area contributed by atoms with Gasteiger partial charge in [-0.1, -0.05) is 34.1 Å². The van der Waals surface area contributed by atoms with Crippen LogP contribution in [0.3, 0.4) is 0 Å². The van der Waals surface area contributed by atoms with Crippen LogP contribution in [0.1, 0.15) is 11.3 Å². The number of pyridine rings is 1. The summed E-state index contributed by atoms with van der Waals surface area (Å²) >= 11 is 4.31. The fourth-order valence-corrected chi connectivity index (χ4v) is 3.09. The third kappa shape index (κ3) is 3.28. The van der Waals surface area contributed by atoms with Gasteiger partial charge in [-0.05, 0) is 47.7 Å². The Hall–Kier alpha value is -1.92. The van der Waals surface area contributed by atoms with Crippen LogP contribution in [0, 0.1) is 0 Å². The van der Waals surface area contributed by atoms with E-state index in [1.54, 1.807) is 24.4 Å². The summed E-state index contributed by atoms with van der Waals surface area (Å²) in [5, 5.41) is -0.255. The van der Waals surface area contributed by atoms with Crippen molar-refractivity contribution in [1.82, 2.24) is 9.88 Å². The Balaban J connectivity index is 1.80. The molecule has 2 amide bonds. The molecule has 2 aromatic rings. The second-order valence-electron chi connectivity index (χ2n) is 4.65. The molecule has 1 fully saturated rings. The maximum atomic E-state index is 12.4. The van der Waals surface area contributed by atoms with E-state index in [1.165, 1.54) is 4.90 Å². The summed E-state index contributed by atoms with van der Waals surface area (Å²) < 4.78 is 0.959. The average molecular weight is 375 g/mol. The van der Waals surface area contributed by atoms with Gasteiger partial charge in [-0.2, -0.15) is 0 Å². The number of aromatic nitrogens is 1. The highest BCUT2D eigenvalue weighted by atomic mass is 79.9. The van der Waals surface area contributed by atoms with E-state index >= 15 is 0 Å². The smallest absolute Gasteiger partial charge is 0.268 e.